The first-order valence-corrected chi connectivity index (χ1v) is 16.8. The van der Waals surface area contributed by atoms with Crippen molar-refractivity contribution >= 4 is 17.9 Å². The Kier molecular flexibility index (Phi) is 12.8. The van der Waals surface area contributed by atoms with Crippen molar-refractivity contribution in [2.75, 3.05) is 6.54 Å². The number of carbonyl (C=O) groups excluding carboxylic acids is 3. The van der Waals surface area contributed by atoms with Gasteiger partial charge in [0.2, 0.25) is 11.8 Å². The average molecular weight is 670 g/mol. The van der Waals surface area contributed by atoms with Crippen LogP contribution in [0.15, 0.2) is 146 Å². The smallest absolute Gasteiger partial charge is 0.407 e. The van der Waals surface area contributed by atoms with Gasteiger partial charge in [-0.2, -0.15) is 0 Å². The van der Waals surface area contributed by atoms with Gasteiger partial charge >= 0.3 is 6.09 Å². The molecule has 0 aromatic heterocycles. The predicted molar refractivity (Wildman–Crippen MR) is 194 cm³/mol. The van der Waals surface area contributed by atoms with E-state index in [1.807, 2.05) is 153 Å². The number of rotatable bonds is 16. The summed E-state index contributed by atoms with van der Waals surface area (Å²) in [5.74, 6) is -0.870. The number of amides is 3. The van der Waals surface area contributed by atoms with Crippen LogP contribution in [0.3, 0.4) is 0 Å². The van der Waals surface area contributed by atoms with Gasteiger partial charge < -0.3 is 25.4 Å². The first kappa shape index (κ1) is 35.4. The second-order valence-electron chi connectivity index (χ2n) is 12.1. The molecule has 0 aliphatic rings. The van der Waals surface area contributed by atoms with Crippen LogP contribution in [0.4, 0.5) is 4.79 Å². The third-order valence-electron chi connectivity index (χ3n) is 8.60. The van der Waals surface area contributed by atoms with Crippen molar-refractivity contribution in [3.63, 3.8) is 0 Å². The fourth-order valence-corrected chi connectivity index (χ4v) is 5.95. The predicted octanol–water partition coefficient (Wildman–Crippen LogP) is 7.55. The molecule has 0 radical (unpaired) electrons. The van der Waals surface area contributed by atoms with Gasteiger partial charge in [-0.15, -0.1) is 0 Å². The van der Waals surface area contributed by atoms with E-state index in [4.69, 9.17) is 15.2 Å². The average Bonchev–Trinajstić information content (AvgIpc) is 3.16. The topological polar surface area (TPSA) is 111 Å². The normalized spacial score (nSPS) is 12.0. The molecule has 5 aromatic carbocycles. The molecule has 50 heavy (non-hydrogen) atoms. The Labute approximate surface area is 293 Å². The summed E-state index contributed by atoms with van der Waals surface area (Å²) in [6.45, 7) is 2.71. The van der Waals surface area contributed by atoms with Crippen molar-refractivity contribution < 1.29 is 23.9 Å². The van der Waals surface area contributed by atoms with Gasteiger partial charge in [-0.1, -0.05) is 133 Å². The van der Waals surface area contributed by atoms with Crippen LogP contribution in [0.5, 0.6) is 5.75 Å². The van der Waals surface area contributed by atoms with Crippen molar-refractivity contribution in [1.82, 2.24) is 10.2 Å². The Morgan fingerprint density at radius 3 is 1.68 bits per heavy atom. The molecule has 0 saturated heterocycles. The van der Waals surface area contributed by atoms with Gasteiger partial charge in [-0.3, -0.25) is 9.59 Å². The van der Waals surface area contributed by atoms with Crippen molar-refractivity contribution in [3.8, 4) is 5.75 Å². The maximum absolute atomic E-state index is 14.9. The van der Waals surface area contributed by atoms with Crippen molar-refractivity contribution in [1.29, 1.82) is 0 Å². The van der Waals surface area contributed by atoms with E-state index in [0.29, 0.717) is 18.8 Å². The molecule has 3 amide bonds. The summed E-state index contributed by atoms with van der Waals surface area (Å²) in [4.78, 5) is 42.1. The molecule has 2 atom stereocenters. The summed E-state index contributed by atoms with van der Waals surface area (Å²) >= 11 is 0. The monoisotopic (exact) mass is 669 g/mol. The van der Waals surface area contributed by atoms with Crippen LogP contribution in [0.2, 0.25) is 0 Å². The van der Waals surface area contributed by atoms with Crippen molar-refractivity contribution in [3.05, 3.63) is 173 Å². The van der Waals surface area contributed by atoms with E-state index in [-0.39, 0.29) is 25.5 Å². The summed E-state index contributed by atoms with van der Waals surface area (Å²) in [5, 5.41) is 2.75. The first-order valence-electron chi connectivity index (χ1n) is 16.8. The SMILES string of the molecule is C[C@H](c1ccc(OCc2ccccc2)cc1)N(C(=O)C(c1ccccc1)c1ccccc1)[C@H](CCCNC(=O)OCc1ccccc1)C(N)=O. The lowest BCUT2D eigenvalue weighted by molar-refractivity contribution is -0.142. The number of nitrogens with two attached hydrogens (primary N) is 1. The number of primary amides is 1. The molecule has 0 aliphatic carbocycles. The van der Waals surface area contributed by atoms with E-state index < -0.39 is 30.0 Å². The molecule has 0 aliphatic heterocycles. The van der Waals surface area contributed by atoms with Crippen molar-refractivity contribution in [2.45, 2.75) is 51.0 Å². The van der Waals surface area contributed by atoms with Gasteiger partial charge in [-0.25, -0.2) is 4.79 Å². The lowest BCUT2D eigenvalue weighted by Crippen LogP contribution is -2.51. The highest BCUT2D eigenvalue weighted by atomic mass is 16.5. The molecule has 0 bridgehead atoms. The minimum Gasteiger partial charge on any atom is -0.489 e. The summed E-state index contributed by atoms with van der Waals surface area (Å²) in [6, 6.07) is 44.5. The number of carbonyl (C=O) groups is 3. The highest BCUT2D eigenvalue weighted by molar-refractivity contribution is 5.92. The molecule has 8 heteroatoms. The summed E-state index contributed by atoms with van der Waals surface area (Å²) < 4.78 is 11.3. The molecular formula is C42H43N3O5. The lowest BCUT2D eigenvalue weighted by Gasteiger charge is -2.38. The van der Waals surface area contributed by atoms with Crippen LogP contribution < -0.4 is 15.8 Å². The van der Waals surface area contributed by atoms with E-state index in [0.717, 1.165) is 27.8 Å². The van der Waals surface area contributed by atoms with Crippen LogP contribution in [0.25, 0.3) is 0 Å². The minimum absolute atomic E-state index is 0.146. The number of benzene rings is 5. The fraction of sp³-hybridized carbons (Fsp3) is 0.214. The van der Waals surface area contributed by atoms with Gasteiger partial charge in [0.1, 0.15) is 25.0 Å². The lowest BCUT2D eigenvalue weighted by atomic mass is 9.88. The quantitative estimate of drug-likeness (QED) is 0.105. The number of nitrogens with zero attached hydrogens (tertiary/aromatic N) is 1. The minimum atomic E-state index is -0.955. The Morgan fingerprint density at radius 1 is 0.660 bits per heavy atom. The molecule has 0 heterocycles. The largest absolute Gasteiger partial charge is 0.489 e. The zero-order valence-electron chi connectivity index (χ0n) is 28.2. The van der Waals surface area contributed by atoms with E-state index in [1.165, 1.54) is 0 Å². The second kappa shape index (κ2) is 18.0. The van der Waals surface area contributed by atoms with Gasteiger partial charge in [0.15, 0.2) is 0 Å². The van der Waals surface area contributed by atoms with Gasteiger partial charge in [0.25, 0.3) is 0 Å². The van der Waals surface area contributed by atoms with Gasteiger partial charge in [0, 0.05) is 6.54 Å². The van der Waals surface area contributed by atoms with E-state index >= 15 is 0 Å². The maximum atomic E-state index is 14.9. The molecule has 5 aromatic rings. The standard InChI is InChI=1S/C42H43N3O5/c1-31(34-24-26-37(27-25-34)49-29-32-15-6-2-7-16-32)45(41(47)39(35-19-10-4-11-20-35)36-21-12-5-13-22-36)38(40(43)46)23-14-28-44-42(48)50-30-33-17-8-3-9-18-33/h2-13,15-22,24-27,31,38-39H,14,23,28-30H2,1H3,(H2,43,46)(H,44,48)/t31-,38-/m1/s1. The zero-order valence-corrected chi connectivity index (χ0v) is 28.2. The fourth-order valence-electron chi connectivity index (χ4n) is 5.95. The molecule has 0 unspecified atom stereocenters. The molecule has 8 nitrogen and oxygen atoms in total. The van der Waals surface area contributed by atoms with Crippen LogP contribution in [0.1, 0.15) is 59.5 Å². The van der Waals surface area contributed by atoms with E-state index in [2.05, 4.69) is 5.32 Å². The zero-order chi connectivity index (χ0) is 35.1. The third kappa shape index (κ3) is 9.82. The van der Waals surface area contributed by atoms with Crippen LogP contribution in [-0.2, 0) is 27.5 Å². The number of alkyl carbamates (subject to hydrolysis) is 1. The summed E-state index contributed by atoms with van der Waals surface area (Å²) in [6.07, 6.45) is 0.0606. The number of ether oxygens (including phenoxy) is 2. The Bertz CT molecular complexity index is 1750. The Balaban J connectivity index is 1.36. The molecule has 0 spiro atoms. The van der Waals surface area contributed by atoms with Crippen LogP contribution >= 0.6 is 0 Å². The van der Waals surface area contributed by atoms with Crippen LogP contribution in [-0.4, -0.2) is 35.4 Å². The number of hydrogen-bond acceptors (Lipinski definition) is 5. The molecule has 0 saturated carbocycles. The summed E-state index contributed by atoms with van der Waals surface area (Å²) in [7, 11) is 0. The van der Waals surface area contributed by atoms with E-state index in [9.17, 15) is 14.4 Å². The van der Waals surface area contributed by atoms with E-state index in [1.54, 1.807) is 4.90 Å². The molecular weight excluding hydrogens is 626 g/mol. The Hall–Kier alpha value is -5.89. The first-order chi connectivity index (χ1) is 24.4. The maximum Gasteiger partial charge on any atom is 0.407 e. The molecule has 0 fully saturated rings. The third-order valence-corrected chi connectivity index (χ3v) is 8.60. The molecule has 256 valence electrons. The highest BCUT2D eigenvalue weighted by Crippen LogP contribution is 2.34. The second-order valence-corrected chi connectivity index (χ2v) is 12.1. The van der Waals surface area contributed by atoms with Crippen LogP contribution in [0, 0.1) is 0 Å². The van der Waals surface area contributed by atoms with Gasteiger partial charge in [0.05, 0.1) is 12.0 Å². The molecule has 3 N–H and O–H groups in total. The Morgan fingerprint density at radius 2 is 1.16 bits per heavy atom. The van der Waals surface area contributed by atoms with Crippen molar-refractivity contribution in [2.24, 2.45) is 5.73 Å². The highest BCUT2D eigenvalue weighted by Gasteiger charge is 2.37. The molecule has 5 rings (SSSR count). The number of hydrogen-bond donors (Lipinski definition) is 2. The van der Waals surface area contributed by atoms with Gasteiger partial charge in [-0.05, 0) is 59.7 Å². The number of nitrogens with one attached hydrogen (secondary N) is 1. The summed E-state index contributed by atoms with van der Waals surface area (Å²) in [5.41, 5.74) is 10.4.